The average molecular weight is 327 g/mol. The van der Waals surface area contributed by atoms with Gasteiger partial charge < -0.3 is 5.32 Å². The van der Waals surface area contributed by atoms with Crippen LogP contribution in [0.4, 0.5) is 0 Å². The highest BCUT2D eigenvalue weighted by Gasteiger charge is 2.09. The van der Waals surface area contributed by atoms with Gasteiger partial charge in [-0.2, -0.15) is 5.10 Å². The Labute approximate surface area is 133 Å². The summed E-state index contributed by atoms with van der Waals surface area (Å²) in [5.41, 5.74) is 3.03. The lowest BCUT2D eigenvalue weighted by Crippen LogP contribution is -2.25. The largest absolute Gasteiger partial charge is 0.356 e. The normalized spacial score (nSPS) is 10.8. The molecule has 0 unspecified atom stereocenters. The van der Waals surface area contributed by atoms with Crippen molar-refractivity contribution < 1.29 is 4.79 Å². The molecule has 114 valence electrons. The van der Waals surface area contributed by atoms with Crippen LogP contribution in [0.3, 0.4) is 0 Å². The smallest absolute Gasteiger partial charge is 0.220 e. The van der Waals surface area contributed by atoms with Crippen molar-refractivity contribution in [1.29, 1.82) is 0 Å². The Morgan fingerprint density at radius 1 is 1.48 bits per heavy atom. The van der Waals surface area contributed by atoms with Gasteiger partial charge >= 0.3 is 0 Å². The topological polar surface area (TPSA) is 59.8 Å². The van der Waals surface area contributed by atoms with E-state index >= 15 is 0 Å². The minimum absolute atomic E-state index is 0.0460. The fourth-order valence-electron chi connectivity index (χ4n) is 1.98. The van der Waals surface area contributed by atoms with Crippen molar-refractivity contribution in [3.8, 4) is 5.13 Å². The van der Waals surface area contributed by atoms with Gasteiger partial charge in [-0.25, -0.2) is 9.67 Å². The molecule has 2 rings (SSSR count). The van der Waals surface area contributed by atoms with Crippen LogP contribution in [-0.2, 0) is 11.2 Å². The molecule has 0 spiro atoms. The lowest BCUT2D eigenvalue weighted by Gasteiger charge is -2.02. The van der Waals surface area contributed by atoms with Crippen LogP contribution in [0.2, 0.25) is 0 Å². The van der Waals surface area contributed by atoms with E-state index in [-0.39, 0.29) is 5.91 Å². The van der Waals surface area contributed by atoms with Gasteiger partial charge in [0.05, 0.1) is 11.4 Å². The van der Waals surface area contributed by atoms with E-state index in [2.05, 4.69) is 15.4 Å². The highest BCUT2D eigenvalue weighted by atomic mass is 35.5. The molecule has 2 aromatic heterocycles. The van der Waals surface area contributed by atoms with Crippen LogP contribution in [-0.4, -0.2) is 33.1 Å². The number of nitrogens with one attached hydrogen (secondary N) is 1. The maximum Gasteiger partial charge on any atom is 0.220 e. The van der Waals surface area contributed by atoms with E-state index in [1.807, 2.05) is 30.0 Å². The quantitative estimate of drug-likeness (QED) is 0.796. The number of carbonyl (C=O) groups excluding carboxylic acids is 1. The lowest BCUT2D eigenvalue weighted by molar-refractivity contribution is -0.121. The number of nitrogens with zero attached hydrogens (tertiary/aromatic N) is 3. The number of carbonyl (C=O) groups is 1. The molecule has 0 saturated heterocycles. The summed E-state index contributed by atoms with van der Waals surface area (Å²) in [5, 5.41) is 10.2. The highest BCUT2D eigenvalue weighted by Crippen LogP contribution is 2.17. The first-order chi connectivity index (χ1) is 10.1. The third-order valence-electron chi connectivity index (χ3n) is 2.97. The first kappa shape index (κ1) is 16.0. The summed E-state index contributed by atoms with van der Waals surface area (Å²) in [7, 11) is 0. The Balaban J connectivity index is 1.86. The second-order valence-corrected chi connectivity index (χ2v) is 6.07. The molecule has 7 heteroatoms. The van der Waals surface area contributed by atoms with Gasteiger partial charge in [-0.15, -0.1) is 22.9 Å². The van der Waals surface area contributed by atoms with E-state index in [1.54, 1.807) is 11.3 Å². The zero-order valence-electron chi connectivity index (χ0n) is 12.2. The fraction of sp³-hybridized carbons (Fsp3) is 0.500. The van der Waals surface area contributed by atoms with Crippen molar-refractivity contribution >= 4 is 28.8 Å². The van der Waals surface area contributed by atoms with Crippen molar-refractivity contribution in [2.45, 2.75) is 33.1 Å². The molecule has 2 aromatic rings. The van der Waals surface area contributed by atoms with Crippen molar-refractivity contribution in [1.82, 2.24) is 20.1 Å². The number of hydrogen-bond donors (Lipinski definition) is 1. The predicted molar refractivity (Wildman–Crippen MR) is 85.4 cm³/mol. The van der Waals surface area contributed by atoms with Gasteiger partial charge in [-0.05, 0) is 26.3 Å². The van der Waals surface area contributed by atoms with Crippen LogP contribution in [0, 0.1) is 13.8 Å². The second-order valence-electron chi connectivity index (χ2n) is 4.85. The van der Waals surface area contributed by atoms with E-state index in [0.717, 1.165) is 28.6 Å². The van der Waals surface area contributed by atoms with Crippen molar-refractivity contribution in [2.24, 2.45) is 0 Å². The second kappa shape index (κ2) is 7.56. The standard InChI is InChI=1S/C14H19ClN4OS/c1-10-8-11(2)19(18-10)14-17-12(9-21-14)5-7-16-13(20)4-3-6-15/h8-9H,3-7H2,1-2H3,(H,16,20). The van der Waals surface area contributed by atoms with Crippen LogP contribution < -0.4 is 5.32 Å². The van der Waals surface area contributed by atoms with Gasteiger partial charge in [0.25, 0.3) is 0 Å². The average Bonchev–Trinajstić information content (AvgIpc) is 3.03. The van der Waals surface area contributed by atoms with E-state index in [1.165, 1.54) is 0 Å². The Morgan fingerprint density at radius 2 is 2.29 bits per heavy atom. The summed E-state index contributed by atoms with van der Waals surface area (Å²) in [5.74, 6) is 0.565. The monoisotopic (exact) mass is 326 g/mol. The molecule has 0 radical (unpaired) electrons. The van der Waals surface area contributed by atoms with E-state index in [4.69, 9.17) is 11.6 Å². The number of hydrogen-bond acceptors (Lipinski definition) is 4. The van der Waals surface area contributed by atoms with Crippen molar-refractivity contribution in [3.05, 3.63) is 28.5 Å². The van der Waals surface area contributed by atoms with Gasteiger partial charge in [0, 0.05) is 36.3 Å². The molecule has 0 aromatic carbocycles. The summed E-state index contributed by atoms with van der Waals surface area (Å²) in [6.07, 6.45) is 1.92. The molecule has 0 saturated carbocycles. The van der Waals surface area contributed by atoms with E-state index in [0.29, 0.717) is 25.3 Å². The summed E-state index contributed by atoms with van der Waals surface area (Å²) in [4.78, 5) is 16.0. The van der Waals surface area contributed by atoms with Crippen molar-refractivity contribution in [3.63, 3.8) is 0 Å². The Kier molecular flexibility index (Phi) is 5.76. The van der Waals surface area contributed by atoms with Crippen LogP contribution in [0.5, 0.6) is 0 Å². The van der Waals surface area contributed by atoms with Gasteiger partial charge in [-0.3, -0.25) is 4.79 Å². The number of thiazole rings is 1. The third kappa shape index (κ3) is 4.54. The fourth-order valence-corrected chi connectivity index (χ4v) is 2.98. The van der Waals surface area contributed by atoms with Gasteiger partial charge in [0.1, 0.15) is 0 Å². The first-order valence-electron chi connectivity index (χ1n) is 6.91. The molecule has 1 N–H and O–H groups in total. The van der Waals surface area contributed by atoms with Crippen LogP contribution in [0.15, 0.2) is 11.4 Å². The van der Waals surface area contributed by atoms with E-state index in [9.17, 15) is 4.79 Å². The third-order valence-corrected chi connectivity index (χ3v) is 4.10. The number of amides is 1. The minimum atomic E-state index is 0.0460. The molecule has 1 amide bonds. The molecule has 5 nitrogen and oxygen atoms in total. The maximum atomic E-state index is 11.5. The summed E-state index contributed by atoms with van der Waals surface area (Å²) < 4.78 is 1.85. The molecule has 21 heavy (non-hydrogen) atoms. The first-order valence-corrected chi connectivity index (χ1v) is 8.32. The molecule has 0 aliphatic rings. The zero-order valence-corrected chi connectivity index (χ0v) is 13.8. The number of alkyl halides is 1. The zero-order chi connectivity index (χ0) is 15.2. The van der Waals surface area contributed by atoms with Gasteiger partial charge in [-0.1, -0.05) is 0 Å². The highest BCUT2D eigenvalue weighted by molar-refractivity contribution is 7.12. The molecule has 2 heterocycles. The van der Waals surface area contributed by atoms with Crippen LogP contribution in [0.1, 0.15) is 29.9 Å². The molecule has 0 aliphatic carbocycles. The molecular weight excluding hydrogens is 308 g/mol. The Morgan fingerprint density at radius 3 is 2.95 bits per heavy atom. The summed E-state index contributed by atoms with van der Waals surface area (Å²) >= 11 is 7.12. The number of rotatable bonds is 7. The van der Waals surface area contributed by atoms with Gasteiger partial charge in [0.2, 0.25) is 11.0 Å². The molecule has 0 fully saturated rings. The van der Waals surface area contributed by atoms with Gasteiger partial charge in [0.15, 0.2) is 0 Å². The van der Waals surface area contributed by atoms with E-state index < -0.39 is 0 Å². The molecule has 0 aliphatic heterocycles. The Hall–Kier alpha value is -1.40. The number of aromatic nitrogens is 3. The molecular formula is C14H19ClN4OS. The van der Waals surface area contributed by atoms with Crippen LogP contribution >= 0.6 is 22.9 Å². The minimum Gasteiger partial charge on any atom is -0.356 e. The van der Waals surface area contributed by atoms with Crippen LogP contribution in [0.25, 0.3) is 5.13 Å². The predicted octanol–water partition coefficient (Wildman–Crippen LogP) is 2.62. The number of aryl methyl sites for hydroxylation is 2. The summed E-state index contributed by atoms with van der Waals surface area (Å²) in [6.45, 7) is 4.58. The lowest BCUT2D eigenvalue weighted by atomic mass is 10.3. The van der Waals surface area contributed by atoms with Crippen molar-refractivity contribution in [2.75, 3.05) is 12.4 Å². The Bertz CT molecular complexity index is 608. The molecule has 0 bridgehead atoms. The molecule has 0 atom stereocenters. The number of halogens is 1. The maximum absolute atomic E-state index is 11.5. The SMILES string of the molecule is Cc1cc(C)n(-c2nc(CCNC(=O)CCCCl)cs2)n1. The summed E-state index contributed by atoms with van der Waals surface area (Å²) in [6, 6.07) is 2.03.